The van der Waals surface area contributed by atoms with E-state index in [-0.39, 0.29) is 10.3 Å². The first-order valence-corrected chi connectivity index (χ1v) is 4.09. The van der Waals surface area contributed by atoms with Crippen LogP contribution >= 0.6 is 11.3 Å². The van der Waals surface area contributed by atoms with Crippen molar-refractivity contribution >= 4 is 29.2 Å². The lowest BCUT2D eigenvalue weighted by molar-refractivity contribution is 0.0697. The average Bonchev–Trinajstić information content (AvgIpc) is 2.30. The number of aryl methyl sites for hydroxylation is 1. The fourth-order valence-corrected chi connectivity index (χ4v) is 1.84. The van der Waals surface area contributed by atoms with E-state index < -0.39 is 13.1 Å². The van der Waals surface area contributed by atoms with Crippen molar-refractivity contribution in [1.82, 2.24) is 0 Å². The van der Waals surface area contributed by atoms with Gasteiger partial charge in [0, 0.05) is 4.78 Å². The summed E-state index contributed by atoms with van der Waals surface area (Å²) in [7, 11) is -1.70. The largest absolute Gasteiger partial charge is 0.499 e. The molecule has 64 valence electrons. The summed E-state index contributed by atoms with van der Waals surface area (Å²) in [4.78, 5) is 10.6. The van der Waals surface area contributed by atoms with E-state index >= 15 is 0 Å². The summed E-state index contributed by atoms with van der Waals surface area (Å²) >= 11 is 1.03. The molecule has 0 saturated carbocycles. The number of hydrogen-bond acceptors (Lipinski definition) is 4. The van der Waals surface area contributed by atoms with Crippen LogP contribution in [0, 0.1) is 6.92 Å². The van der Waals surface area contributed by atoms with Crippen LogP contribution in [0.2, 0.25) is 0 Å². The molecule has 0 aromatic carbocycles. The number of carboxylic acid groups (broad SMARTS) is 1. The van der Waals surface area contributed by atoms with E-state index in [2.05, 4.69) is 0 Å². The average molecular weight is 186 g/mol. The van der Waals surface area contributed by atoms with Crippen LogP contribution < -0.4 is 4.78 Å². The lowest BCUT2D eigenvalue weighted by Gasteiger charge is -1.97. The van der Waals surface area contributed by atoms with E-state index in [4.69, 9.17) is 15.2 Å². The molecule has 0 fully saturated rings. The van der Waals surface area contributed by atoms with Crippen LogP contribution in [0.25, 0.3) is 0 Å². The summed E-state index contributed by atoms with van der Waals surface area (Å²) in [5, 5.41) is 27.8. The summed E-state index contributed by atoms with van der Waals surface area (Å²) in [5.74, 6) is -1.13. The molecule has 4 nitrogen and oxygen atoms in total. The maximum Gasteiger partial charge on any atom is 0.499 e. The Labute approximate surface area is 73.2 Å². The van der Waals surface area contributed by atoms with Crippen molar-refractivity contribution in [3.8, 4) is 0 Å². The molecule has 1 rings (SSSR count). The standard InChI is InChI=1S/C6H7BO4S/c1-3-2-12-5(7(10)11)4(3)6(8)9/h2,10-11H,1H3,(H,8,9). The number of carbonyl (C=O) groups is 1. The van der Waals surface area contributed by atoms with Crippen LogP contribution in [0.15, 0.2) is 5.38 Å². The first-order chi connectivity index (χ1) is 5.54. The van der Waals surface area contributed by atoms with E-state index in [0.717, 1.165) is 11.3 Å². The van der Waals surface area contributed by atoms with Crippen molar-refractivity contribution in [1.29, 1.82) is 0 Å². The zero-order chi connectivity index (χ0) is 9.30. The molecule has 0 radical (unpaired) electrons. The predicted molar refractivity (Wildman–Crippen MR) is 45.8 cm³/mol. The topological polar surface area (TPSA) is 77.8 Å². The lowest BCUT2D eigenvalue weighted by Crippen LogP contribution is -2.31. The fourth-order valence-electron chi connectivity index (χ4n) is 0.928. The number of carboxylic acids is 1. The molecular formula is C6H7BO4S. The number of aromatic carboxylic acids is 1. The summed E-state index contributed by atoms with van der Waals surface area (Å²) < 4.78 is 0.0833. The van der Waals surface area contributed by atoms with E-state index in [1.54, 1.807) is 12.3 Å². The van der Waals surface area contributed by atoms with Gasteiger partial charge in [0.25, 0.3) is 0 Å². The van der Waals surface area contributed by atoms with Crippen LogP contribution in [-0.2, 0) is 0 Å². The van der Waals surface area contributed by atoms with Gasteiger partial charge in [-0.3, -0.25) is 0 Å². The molecule has 0 spiro atoms. The molecule has 1 aromatic rings. The maximum absolute atomic E-state index is 10.6. The molecule has 0 aliphatic carbocycles. The Morgan fingerprint density at radius 1 is 1.58 bits per heavy atom. The van der Waals surface area contributed by atoms with Gasteiger partial charge < -0.3 is 15.2 Å². The zero-order valence-corrected chi connectivity index (χ0v) is 7.13. The van der Waals surface area contributed by atoms with Crippen LogP contribution in [0.4, 0.5) is 0 Å². The molecule has 0 unspecified atom stereocenters. The fraction of sp³-hybridized carbons (Fsp3) is 0.167. The molecule has 0 atom stereocenters. The van der Waals surface area contributed by atoms with E-state index in [1.807, 2.05) is 0 Å². The highest BCUT2D eigenvalue weighted by molar-refractivity contribution is 7.21. The molecule has 0 bridgehead atoms. The van der Waals surface area contributed by atoms with Crippen molar-refractivity contribution in [3.63, 3.8) is 0 Å². The van der Waals surface area contributed by atoms with Gasteiger partial charge in [-0.05, 0) is 17.9 Å². The van der Waals surface area contributed by atoms with Crippen molar-refractivity contribution in [2.45, 2.75) is 6.92 Å². The number of rotatable bonds is 2. The minimum Gasteiger partial charge on any atom is -0.478 e. The monoisotopic (exact) mass is 186 g/mol. The van der Waals surface area contributed by atoms with Crippen molar-refractivity contribution < 1.29 is 19.9 Å². The van der Waals surface area contributed by atoms with Crippen molar-refractivity contribution in [2.75, 3.05) is 0 Å². The van der Waals surface area contributed by atoms with Crippen LogP contribution in [0.5, 0.6) is 0 Å². The molecular weight excluding hydrogens is 179 g/mol. The lowest BCUT2D eigenvalue weighted by atomic mass is 9.85. The van der Waals surface area contributed by atoms with Crippen LogP contribution in [0.3, 0.4) is 0 Å². The van der Waals surface area contributed by atoms with E-state index in [0.29, 0.717) is 5.56 Å². The molecule has 1 heterocycles. The van der Waals surface area contributed by atoms with Gasteiger partial charge in [0.05, 0.1) is 5.56 Å². The highest BCUT2D eigenvalue weighted by atomic mass is 32.1. The molecule has 0 amide bonds. The zero-order valence-electron chi connectivity index (χ0n) is 6.31. The van der Waals surface area contributed by atoms with Gasteiger partial charge in [0.15, 0.2) is 0 Å². The second kappa shape index (κ2) is 3.26. The number of thiophene rings is 1. The smallest absolute Gasteiger partial charge is 0.478 e. The van der Waals surface area contributed by atoms with E-state index in [1.165, 1.54) is 0 Å². The van der Waals surface area contributed by atoms with Crippen LogP contribution in [-0.4, -0.2) is 28.2 Å². The normalized spacial score (nSPS) is 9.92. The molecule has 3 N–H and O–H groups in total. The van der Waals surface area contributed by atoms with Crippen LogP contribution in [0.1, 0.15) is 15.9 Å². The predicted octanol–water partition coefficient (Wildman–Crippen LogP) is -0.565. The number of hydrogen-bond donors (Lipinski definition) is 3. The molecule has 12 heavy (non-hydrogen) atoms. The van der Waals surface area contributed by atoms with E-state index in [9.17, 15) is 4.79 Å². The Morgan fingerprint density at radius 2 is 2.17 bits per heavy atom. The van der Waals surface area contributed by atoms with Gasteiger partial charge in [-0.15, -0.1) is 0 Å². The van der Waals surface area contributed by atoms with Gasteiger partial charge in [-0.2, -0.15) is 11.3 Å². The quantitative estimate of drug-likeness (QED) is 0.540. The highest BCUT2D eigenvalue weighted by Crippen LogP contribution is 2.11. The Balaban J connectivity index is 3.21. The van der Waals surface area contributed by atoms with Gasteiger partial charge in [-0.1, -0.05) is 0 Å². The molecule has 1 aromatic heterocycles. The Morgan fingerprint density at radius 3 is 2.50 bits per heavy atom. The Bertz CT molecular complexity index is 306. The minimum atomic E-state index is -1.70. The summed E-state index contributed by atoms with van der Waals surface area (Å²) in [6.07, 6.45) is 0. The third kappa shape index (κ3) is 1.50. The SMILES string of the molecule is Cc1csc(B(O)O)c1C(=O)O. The Hall–Kier alpha value is -0.845. The summed E-state index contributed by atoms with van der Waals surface area (Å²) in [5.41, 5.74) is 0.547. The summed E-state index contributed by atoms with van der Waals surface area (Å²) in [6.45, 7) is 1.62. The first-order valence-electron chi connectivity index (χ1n) is 3.21. The van der Waals surface area contributed by atoms with Crippen molar-refractivity contribution in [3.05, 3.63) is 16.5 Å². The third-order valence-corrected chi connectivity index (χ3v) is 2.59. The van der Waals surface area contributed by atoms with Gasteiger partial charge in [0.2, 0.25) is 0 Å². The second-order valence-electron chi connectivity index (χ2n) is 2.34. The first kappa shape index (κ1) is 9.24. The minimum absolute atomic E-state index is 0.00463. The molecule has 0 saturated heterocycles. The molecule has 0 aliphatic heterocycles. The molecule has 0 aliphatic rings. The second-order valence-corrected chi connectivity index (χ2v) is 3.25. The molecule has 6 heteroatoms. The third-order valence-electron chi connectivity index (χ3n) is 1.45. The highest BCUT2D eigenvalue weighted by Gasteiger charge is 2.23. The maximum atomic E-state index is 10.6. The van der Waals surface area contributed by atoms with Crippen molar-refractivity contribution in [2.24, 2.45) is 0 Å². The Kier molecular flexibility index (Phi) is 2.51. The van der Waals surface area contributed by atoms with Gasteiger partial charge >= 0.3 is 13.1 Å². The van der Waals surface area contributed by atoms with Gasteiger partial charge in [0.1, 0.15) is 0 Å². The summed E-state index contributed by atoms with van der Waals surface area (Å²) in [6, 6.07) is 0. The van der Waals surface area contributed by atoms with Gasteiger partial charge in [-0.25, -0.2) is 4.79 Å².